The second-order valence-corrected chi connectivity index (χ2v) is 6.69. The van der Waals surface area contributed by atoms with Gasteiger partial charge in [0.1, 0.15) is 5.25 Å². The quantitative estimate of drug-likeness (QED) is 0.813. The molecule has 1 saturated heterocycles. The molecule has 114 valence electrons. The maximum Gasteiger partial charge on any atom is 0.307 e. The van der Waals surface area contributed by atoms with Gasteiger partial charge in [-0.15, -0.1) is 3.89 Å². The average molecular weight is 320 g/mol. The summed E-state index contributed by atoms with van der Waals surface area (Å²) in [6.45, 7) is -0.177. The zero-order valence-corrected chi connectivity index (χ0v) is 12.3. The van der Waals surface area contributed by atoms with E-state index in [0.717, 1.165) is 11.3 Å². The third-order valence-electron chi connectivity index (χ3n) is 3.62. The van der Waals surface area contributed by atoms with Gasteiger partial charge in [0.25, 0.3) is 0 Å². The van der Waals surface area contributed by atoms with Crippen LogP contribution < -0.4 is 4.90 Å². The molecule has 2 heterocycles. The molecule has 0 radical (unpaired) electrons. The fraction of sp³-hybridized carbons (Fsp3) is 0.200. The van der Waals surface area contributed by atoms with Crippen molar-refractivity contribution in [2.24, 2.45) is 0 Å². The number of carbonyl (C=O) groups is 1. The van der Waals surface area contributed by atoms with E-state index in [9.17, 15) is 17.1 Å². The third kappa shape index (κ3) is 2.85. The van der Waals surface area contributed by atoms with Crippen molar-refractivity contribution in [2.45, 2.75) is 11.7 Å². The number of amides is 1. The molecule has 1 aromatic heterocycles. The smallest absolute Gasteiger partial charge is 0.307 e. The molecule has 0 N–H and O–H groups in total. The highest BCUT2D eigenvalue weighted by atomic mass is 32.3. The number of rotatable bonds is 3. The molecule has 1 aliphatic rings. The van der Waals surface area contributed by atoms with Gasteiger partial charge in [-0.2, -0.15) is 8.42 Å². The fourth-order valence-electron chi connectivity index (χ4n) is 2.44. The summed E-state index contributed by atoms with van der Waals surface area (Å²) in [6, 6.07) is 12.9. The predicted molar refractivity (Wildman–Crippen MR) is 80.5 cm³/mol. The van der Waals surface area contributed by atoms with Crippen LogP contribution in [0.1, 0.15) is 6.42 Å². The normalized spacial score (nSPS) is 18.7. The molecule has 7 heteroatoms. The van der Waals surface area contributed by atoms with Crippen molar-refractivity contribution in [3.05, 3.63) is 48.7 Å². The number of hydrogen-bond donors (Lipinski definition) is 0. The number of anilines is 1. The van der Waals surface area contributed by atoms with Crippen LogP contribution in [0, 0.1) is 0 Å². The Morgan fingerprint density at radius 3 is 2.41 bits per heavy atom. The number of nitrogens with zero attached hydrogens (tertiary/aromatic N) is 2. The van der Waals surface area contributed by atoms with Crippen molar-refractivity contribution in [1.29, 1.82) is 0 Å². The van der Waals surface area contributed by atoms with Crippen molar-refractivity contribution >= 4 is 21.8 Å². The SMILES string of the molecule is O=C1CC(S(=O)(=O)F)CN1c1ccc(-c2ccccc2)nc1. The van der Waals surface area contributed by atoms with Crippen molar-refractivity contribution < 1.29 is 17.1 Å². The Bertz CT molecular complexity index is 791. The highest BCUT2D eigenvalue weighted by Gasteiger charge is 2.39. The number of halogens is 1. The maximum absolute atomic E-state index is 13.0. The van der Waals surface area contributed by atoms with E-state index in [-0.39, 0.29) is 13.0 Å². The van der Waals surface area contributed by atoms with Gasteiger partial charge in [-0.25, -0.2) is 0 Å². The summed E-state index contributed by atoms with van der Waals surface area (Å²) < 4.78 is 34.9. The molecule has 1 amide bonds. The largest absolute Gasteiger partial charge is 0.309 e. The van der Waals surface area contributed by atoms with Gasteiger partial charge in [-0.1, -0.05) is 30.3 Å². The van der Waals surface area contributed by atoms with E-state index in [1.807, 2.05) is 30.3 Å². The van der Waals surface area contributed by atoms with Gasteiger partial charge < -0.3 is 4.90 Å². The Labute approximate surface area is 127 Å². The van der Waals surface area contributed by atoms with Gasteiger partial charge in [-0.05, 0) is 12.1 Å². The van der Waals surface area contributed by atoms with Crippen molar-refractivity contribution in [3.8, 4) is 11.3 Å². The van der Waals surface area contributed by atoms with Crippen molar-refractivity contribution in [2.75, 3.05) is 11.4 Å². The minimum absolute atomic E-state index is 0.177. The maximum atomic E-state index is 13.0. The van der Waals surface area contributed by atoms with Gasteiger partial charge in [0, 0.05) is 18.5 Å². The first-order valence-electron chi connectivity index (χ1n) is 6.70. The third-order valence-corrected chi connectivity index (χ3v) is 4.73. The first kappa shape index (κ1) is 14.6. The van der Waals surface area contributed by atoms with Crippen molar-refractivity contribution in [1.82, 2.24) is 4.98 Å². The van der Waals surface area contributed by atoms with Crippen LogP contribution in [0.3, 0.4) is 0 Å². The van der Waals surface area contributed by atoms with Crippen LogP contribution in [0.2, 0.25) is 0 Å². The molecular formula is C15H13FN2O3S. The first-order chi connectivity index (χ1) is 10.4. The first-order valence-corrected chi connectivity index (χ1v) is 8.15. The van der Waals surface area contributed by atoms with Crippen LogP contribution >= 0.6 is 0 Å². The van der Waals surface area contributed by atoms with E-state index in [2.05, 4.69) is 4.98 Å². The van der Waals surface area contributed by atoms with E-state index >= 15 is 0 Å². The molecule has 0 bridgehead atoms. The summed E-state index contributed by atoms with van der Waals surface area (Å²) in [4.78, 5) is 17.4. The number of aromatic nitrogens is 1. The molecule has 0 aliphatic carbocycles. The second-order valence-electron chi connectivity index (χ2n) is 5.07. The van der Waals surface area contributed by atoms with Crippen LogP contribution in [0.25, 0.3) is 11.3 Å². The number of carbonyl (C=O) groups excluding carboxylic acids is 1. The van der Waals surface area contributed by atoms with Gasteiger partial charge in [0.05, 0.1) is 17.6 Å². The zero-order chi connectivity index (χ0) is 15.7. The number of hydrogen-bond acceptors (Lipinski definition) is 4. The van der Waals surface area contributed by atoms with Gasteiger partial charge in [0.2, 0.25) is 5.91 Å². The van der Waals surface area contributed by atoms with Gasteiger partial charge >= 0.3 is 10.2 Å². The molecule has 3 rings (SSSR count). The van der Waals surface area contributed by atoms with Crippen LogP contribution in [0.4, 0.5) is 9.57 Å². The molecule has 1 unspecified atom stereocenters. The molecule has 1 atom stereocenters. The fourth-order valence-corrected chi connectivity index (χ4v) is 3.11. The van der Waals surface area contributed by atoms with Crippen LogP contribution in [0.15, 0.2) is 48.7 Å². The lowest BCUT2D eigenvalue weighted by molar-refractivity contribution is -0.117. The molecule has 2 aromatic rings. The number of benzene rings is 1. The average Bonchev–Trinajstić information content (AvgIpc) is 2.90. The Balaban J connectivity index is 1.83. The standard InChI is InChI=1S/C15H13FN2O3S/c16-22(20,21)13-8-15(19)18(10-13)12-6-7-14(17-9-12)11-4-2-1-3-5-11/h1-7,9,13H,8,10H2. The van der Waals surface area contributed by atoms with Gasteiger partial charge in [-0.3, -0.25) is 9.78 Å². The minimum Gasteiger partial charge on any atom is -0.309 e. The van der Waals surface area contributed by atoms with E-state index < -0.39 is 21.4 Å². The van der Waals surface area contributed by atoms with Crippen LogP contribution in [-0.2, 0) is 15.0 Å². The Morgan fingerprint density at radius 1 is 1.14 bits per heavy atom. The topological polar surface area (TPSA) is 67.3 Å². The summed E-state index contributed by atoms with van der Waals surface area (Å²) in [5.74, 6) is -0.416. The summed E-state index contributed by atoms with van der Waals surface area (Å²) in [7, 11) is -4.71. The number of pyridine rings is 1. The zero-order valence-electron chi connectivity index (χ0n) is 11.5. The summed E-state index contributed by atoms with van der Waals surface area (Å²) in [5.41, 5.74) is 2.15. The van der Waals surface area contributed by atoms with E-state index in [1.54, 1.807) is 12.1 Å². The Hall–Kier alpha value is -2.28. The summed E-state index contributed by atoms with van der Waals surface area (Å²) in [6.07, 6.45) is 1.16. The second kappa shape index (κ2) is 5.49. The summed E-state index contributed by atoms with van der Waals surface area (Å²) in [5, 5.41) is -1.30. The van der Waals surface area contributed by atoms with Crippen molar-refractivity contribution in [3.63, 3.8) is 0 Å². The highest BCUT2D eigenvalue weighted by Crippen LogP contribution is 2.26. The van der Waals surface area contributed by atoms with Gasteiger partial charge in [0.15, 0.2) is 0 Å². The van der Waals surface area contributed by atoms with E-state index in [1.165, 1.54) is 11.1 Å². The highest BCUT2D eigenvalue weighted by molar-refractivity contribution is 7.87. The van der Waals surface area contributed by atoms with Crippen LogP contribution in [-0.4, -0.2) is 31.1 Å². The van der Waals surface area contributed by atoms with E-state index in [4.69, 9.17) is 0 Å². The lowest BCUT2D eigenvalue weighted by Crippen LogP contribution is -2.26. The minimum atomic E-state index is -4.71. The molecule has 0 spiro atoms. The molecule has 0 saturated carbocycles. The lowest BCUT2D eigenvalue weighted by Gasteiger charge is -2.15. The van der Waals surface area contributed by atoms with Crippen LogP contribution in [0.5, 0.6) is 0 Å². The molecule has 5 nitrogen and oxygen atoms in total. The molecular weight excluding hydrogens is 307 g/mol. The monoisotopic (exact) mass is 320 g/mol. The Kier molecular flexibility index (Phi) is 3.66. The Morgan fingerprint density at radius 2 is 1.86 bits per heavy atom. The molecule has 1 fully saturated rings. The molecule has 1 aromatic carbocycles. The predicted octanol–water partition coefficient (Wildman–Crippen LogP) is 2.15. The molecule has 22 heavy (non-hydrogen) atoms. The van der Waals surface area contributed by atoms with E-state index in [0.29, 0.717) is 5.69 Å². The molecule has 1 aliphatic heterocycles. The lowest BCUT2D eigenvalue weighted by atomic mass is 10.1. The summed E-state index contributed by atoms with van der Waals surface area (Å²) >= 11 is 0.